The van der Waals surface area contributed by atoms with Crippen molar-refractivity contribution >= 4 is 29.3 Å². The lowest BCUT2D eigenvalue weighted by atomic mass is 10.1. The number of para-hydroxylation sites is 1. The number of nitrogens with one attached hydrogen (secondary N) is 1. The molecule has 0 bridgehead atoms. The second kappa shape index (κ2) is 9.68. The lowest BCUT2D eigenvalue weighted by Gasteiger charge is -2.35. The van der Waals surface area contributed by atoms with Crippen LogP contribution in [0, 0.1) is 0 Å². The van der Waals surface area contributed by atoms with Crippen LogP contribution in [0.1, 0.15) is 23.7 Å². The third kappa shape index (κ3) is 5.31. The Kier molecular flexibility index (Phi) is 6.78. The van der Waals surface area contributed by atoms with Gasteiger partial charge in [0.2, 0.25) is 11.8 Å². The van der Waals surface area contributed by atoms with E-state index in [-0.39, 0.29) is 24.5 Å². The molecule has 1 aromatic carbocycles. The van der Waals surface area contributed by atoms with Crippen LogP contribution in [0.25, 0.3) is 0 Å². The van der Waals surface area contributed by atoms with E-state index < -0.39 is 11.9 Å². The number of pyridine rings is 1. The highest BCUT2D eigenvalue weighted by atomic mass is 16.5. The van der Waals surface area contributed by atoms with Crippen LogP contribution in [0.15, 0.2) is 48.7 Å². The maximum atomic E-state index is 12.5. The predicted molar refractivity (Wildman–Crippen MR) is 109 cm³/mol. The van der Waals surface area contributed by atoms with Gasteiger partial charge in [-0.2, -0.15) is 0 Å². The average Bonchev–Trinajstić information content (AvgIpc) is 2.75. The molecular formula is C21H24N4O4. The van der Waals surface area contributed by atoms with Crippen molar-refractivity contribution in [3.63, 3.8) is 0 Å². The van der Waals surface area contributed by atoms with Gasteiger partial charge in [0.1, 0.15) is 12.2 Å². The van der Waals surface area contributed by atoms with Gasteiger partial charge in [0.25, 0.3) is 0 Å². The van der Waals surface area contributed by atoms with Gasteiger partial charge in [0.05, 0.1) is 17.9 Å². The first-order valence-electron chi connectivity index (χ1n) is 9.58. The van der Waals surface area contributed by atoms with Crippen LogP contribution >= 0.6 is 0 Å². The predicted octanol–water partition coefficient (Wildman–Crippen LogP) is 1.94. The van der Waals surface area contributed by atoms with Crippen LogP contribution in [-0.4, -0.2) is 60.5 Å². The van der Waals surface area contributed by atoms with Crippen LogP contribution in [0.2, 0.25) is 0 Å². The molecular weight excluding hydrogens is 372 g/mol. The molecule has 8 heteroatoms. The number of benzene rings is 1. The van der Waals surface area contributed by atoms with Crippen molar-refractivity contribution in [2.24, 2.45) is 0 Å². The van der Waals surface area contributed by atoms with Crippen LogP contribution < -0.4 is 10.2 Å². The summed E-state index contributed by atoms with van der Waals surface area (Å²) in [6.07, 6.45) is 1.46. The van der Waals surface area contributed by atoms with Crippen molar-refractivity contribution in [3.05, 3.63) is 54.2 Å². The summed E-state index contributed by atoms with van der Waals surface area (Å²) in [6.45, 7) is 4.34. The second-order valence-electron chi connectivity index (χ2n) is 6.55. The molecule has 2 amide bonds. The standard InChI is InChI=1S/C21H24N4O4/c1-2-29-21(28)16-7-3-4-8-17(16)23-19(26)15-20(27)25-13-11-24(12-14-25)18-9-5-6-10-22-18/h3-10H,2,11-15H2,1H3,(H,23,26). The molecule has 1 saturated heterocycles. The number of ether oxygens (including phenoxy) is 1. The average molecular weight is 396 g/mol. The zero-order valence-corrected chi connectivity index (χ0v) is 16.3. The normalized spacial score (nSPS) is 13.7. The third-order valence-electron chi connectivity index (χ3n) is 4.61. The smallest absolute Gasteiger partial charge is 0.340 e. The van der Waals surface area contributed by atoms with Gasteiger partial charge in [-0.15, -0.1) is 0 Å². The number of amides is 2. The molecule has 0 spiro atoms. The number of carbonyl (C=O) groups excluding carboxylic acids is 3. The summed E-state index contributed by atoms with van der Waals surface area (Å²) in [4.78, 5) is 45.0. The van der Waals surface area contributed by atoms with Crippen LogP contribution in [0.5, 0.6) is 0 Å². The molecule has 2 heterocycles. The Morgan fingerprint density at radius 2 is 1.76 bits per heavy atom. The van der Waals surface area contributed by atoms with Gasteiger partial charge in [-0.3, -0.25) is 9.59 Å². The van der Waals surface area contributed by atoms with E-state index in [1.807, 2.05) is 18.2 Å². The number of esters is 1. The van der Waals surface area contributed by atoms with Gasteiger partial charge in [-0.25, -0.2) is 9.78 Å². The monoisotopic (exact) mass is 396 g/mol. The fourth-order valence-corrected chi connectivity index (χ4v) is 3.15. The van der Waals surface area contributed by atoms with Crippen molar-refractivity contribution in [3.8, 4) is 0 Å². The van der Waals surface area contributed by atoms with Crippen molar-refractivity contribution in [1.82, 2.24) is 9.88 Å². The molecule has 0 unspecified atom stereocenters. The molecule has 0 radical (unpaired) electrons. The van der Waals surface area contributed by atoms with E-state index in [1.54, 1.807) is 42.3 Å². The minimum absolute atomic E-state index is 0.239. The molecule has 1 aromatic heterocycles. The number of hydrogen-bond donors (Lipinski definition) is 1. The molecule has 3 rings (SSSR count). The van der Waals surface area contributed by atoms with Gasteiger partial charge < -0.3 is 19.9 Å². The molecule has 152 valence electrons. The maximum absolute atomic E-state index is 12.5. The van der Waals surface area contributed by atoms with Crippen molar-refractivity contribution in [1.29, 1.82) is 0 Å². The molecule has 0 aliphatic carbocycles. The van der Waals surface area contributed by atoms with E-state index >= 15 is 0 Å². The Bertz CT molecular complexity index is 864. The molecule has 0 atom stereocenters. The molecule has 8 nitrogen and oxygen atoms in total. The zero-order chi connectivity index (χ0) is 20.6. The maximum Gasteiger partial charge on any atom is 0.340 e. The molecule has 1 N–H and O–H groups in total. The zero-order valence-electron chi connectivity index (χ0n) is 16.3. The van der Waals surface area contributed by atoms with E-state index in [4.69, 9.17) is 4.74 Å². The first-order valence-corrected chi connectivity index (χ1v) is 9.58. The summed E-state index contributed by atoms with van der Waals surface area (Å²) < 4.78 is 5.00. The largest absolute Gasteiger partial charge is 0.462 e. The Labute approximate surface area is 169 Å². The molecule has 1 aliphatic rings. The summed E-state index contributed by atoms with van der Waals surface area (Å²) in [7, 11) is 0. The Morgan fingerprint density at radius 1 is 1.03 bits per heavy atom. The summed E-state index contributed by atoms with van der Waals surface area (Å²) in [5.41, 5.74) is 0.600. The minimum atomic E-state index is -0.514. The van der Waals surface area contributed by atoms with E-state index in [2.05, 4.69) is 15.2 Å². The Hall–Kier alpha value is -3.42. The van der Waals surface area contributed by atoms with E-state index in [0.717, 1.165) is 5.82 Å². The first kappa shape index (κ1) is 20.3. The molecule has 1 aliphatic heterocycles. The number of carbonyl (C=O) groups is 3. The van der Waals surface area contributed by atoms with E-state index in [1.165, 1.54) is 0 Å². The third-order valence-corrected chi connectivity index (χ3v) is 4.61. The Balaban J connectivity index is 1.53. The highest BCUT2D eigenvalue weighted by Crippen LogP contribution is 2.17. The number of rotatable bonds is 6. The van der Waals surface area contributed by atoms with E-state index in [0.29, 0.717) is 31.9 Å². The number of aromatic nitrogens is 1. The van der Waals surface area contributed by atoms with Crippen molar-refractivity contribution in [2.45, 2.75) is 13.3 Å². The van der Waals surface area contributed by atoms with Gasteiger partial charge in [0, 0.05) is 32.4 Å². The highest BCUT2D eigenvalue weighted by Gasteiger charge is 2.24. The van der Waals surface area contributed by atoms with Crippen molar-refractivity contribution < 1.29 is 19.1 Å². The minimum Gasteiger partial charge on any atom is -0.462 e. The van der Waals surface area contributed by atoms with Crippen LogP contribution in [0.4, 0.5) is 11.5 Å². The fourth-order valence-electron chi connectivity index (χ4n) is 3.15. The first-order chi connectivity index (χ1) is 14.1. The van der Waals surface area contributed by atoms with Gasteiger partial charge in [-0.1, -0.05) is 18.2 Å². The lowest BCUT2D eigenvalue weighted by molar-refractivity contribution is -0.134. The molecule has 2 aromatic rings. The van der Waals surface area contributed by atoms with Crippen LogP contribution in [-0.2, 0) is 14.3 Å². The van der Waals surface area contributed by atoms with Crippen LogP contribution in [0.3, 0.4) is 0 Å². The molecule has 0 saturated carbocycles. The van der Waals surface area contributed by atoms with E-state index in [9.17, 15) is 14.4 Å². The topological polar surface area (TPSA) is 91.8 Å². The van der Waals surface area contributed by atoms with Gasteiger partial charge in [0.15, 0.2) is 0 Å². The quantitative estimate of drug-likeness (QED) is 0.593. The number of piperazine rings is 1. The summed E-state index contributed by atoms with van der Waals surface area (Å²) in [6, 6.07) is 12.3. The summed E-state index contributed by atoms with van der Waals surface area (Å²) >= 11 is 0. The number of hydrogen-bond acceptors (Lipinski definition) is 6. The fraction of sp³-hybridized carbons (Fsp3) is 0.333. The SMILES string of the molecule is CCOC(=O)c1ccccc1NC(=O)CC(=O)N1CCN(c2ccccn2)CC1. The highest BCUT2D eigenvalue weighted by molar-refractivity contribution is 6.06. The van der Waals surface area contributed by atoms with Gasteiger partial charge in [-0.05, 0) is 31.2 Å². The van der Waals surface area contributed by atoms with Gasteiger partial charge >= 0.3 is 5.97 Å². The molecule has 1 fully saturated rings. The number of anilines is 2. The second-order valence-corrected chi connectivity index (χ2v) is 6.55. The summed E-state index contributed by atoms with van der Waals surface area (Å²) in [5.74, 6) is -0.330. The Morgan fingerprint density at radius 3 is 2.45 bits per heavy atom. The summed E-state index contributed by atoms with van der Waals surface area (Å²) in [5, 5.41) is 2.65. The lowest BCUT2D eigenvalue weighted by Crippen LogP contribution is -2.49. The number of nitrogens with zero attached hydrogens (tertiary/aromatic N) is 3. The molecule has 29 heavy (non-hydrogen) atoms. The van der Waals surface area contributed by atoms with Crippen molar-refractivity contribution in [2.75, 3.05) is 43.0 Å².